The summed E-state index contributed by atoms with van der Waals surface area (Å²) in [5.74, 6) is 2.45. The molecule has 0 saturated heterocycles. The van der Waals surface area contributed by atoms with Crippen LogP contribution in [0, 0.1) is 11.8 Å². The largest absolute Gasteiger partial charge is 0.493 e. The van der Waals surface area contributed by atoms with Crippen molar-refractivity contribution >= 4 is 45.7 Å². The minimum atomic E-state index is -4.46. The van der Waals surface area contributed by atoms with E-state index in [1.54, 1.807) is 32.0 Å². The van der Waals surface area contributed by atoms with Crippen LogP contribution in [0.3, 0.4) is 0 Å². The lowest BCUT2D eigenvalue weighted by Gasteiger charge is -2.41. The zero-order chi connectivity index (χ0) is 41.3. The molecular formula is C53H40F3NO3S. The first-order valence-electron chi connectivity index (χ1n) is 20.9. The first-order valence-corrected chi connectivity index (χ1v) is 21.7. The molecule has 4 nitrogen and oxygen atoms in total. The summed E-state index contributed by atoms with van der Waals surface area (Å²) in [5, 5.41) is 1.69. The molecule has 0 amide bonds. The Morgan fingerprint density at radius 2 is 1.38 bits per heavy atom. The lowest BCUT2D eigenvalue weighted by Crippen LogP contribution is -2.36. The number of hydrogen-bond donors (Lipinski definition) is 0. The summed E-state index contributed by atoms with van der Waals surface area (Å²) in [6.45, 7) is 0. The number of nitrogens with zero attached hydrogens (tertiary/aromatic N) is 1. The third kappa shape index (κ3) is 5.15. The Kier molecular flexibility index (Phi) is 7.94. The van der Waals surface area contributed by atoms with Crippen LogP contribution in [0.1, 0.15) is 59.1 Å². The Morgan fingerprint density at radius 3 is 2.02 bits per heavy atom. The zero-order valence-corrected chi connectivity index (χ0v) is 34.4. The van der Waals surface area contributed by atoms with Gasteiger partial charge in [-0.3, -0.25) is 0 Å². The number of alkyl halides is 3. The minimum Gasteiger partial charge on any atom is -0.493 e. The highest BCUT2D eigenvalue weighted by molar-refractivity contribution is 7.99. The van der Waals surface area contributed by atoms with E-state index in [9.17, 15) is 13.2 Å². The second-order valence-electron chi connectivity index (χ2n) is 17.0. The number of ether oxygens (including phenoxy) is 3. The van der Waals surface area contributed by atoms with Gasteiger partial charge >= 0.3 is 6.18 Å². The van der Waals surface area contributed by atoms with E-state index < -0.39 is 22.8 Å². The standard InChI is InChI=1S/C53H40F3NO3S/c1-58-44-28-39-40(29-45(44)59-2)50-38(49-48(39)37-23-20-35(53(54,55)56)27-41(37)51(49)30-31-16-17-34(51)26-31)24-25-52(60-50,32-10-4-3-5-11-32)33-18-21-36(22-19-33)57-42-12-6-8-14-46(42)61-47-15-9-7-13-43(47)57/h3-15,18-25,27-29,31,34H,16-17,26,30H2,1-2H3. The van der Waals surface area contributed by atoms with Gasteiger partial charge in [-0.1, -0.05) is 97.1 Å². The maximum absolute atomic E-state index is 14.6. The number of methoxy groups -OCH3 is 2. The molecule has 0 N–H and O–H groups in total. The number of fused-ring (bicyclic) bond motifs is 15. The normalized spacial score (nSPS) is 22.7. The van der Waals surface area contributed by atoms with Gasteiger partial charge in [0, 0.05) is 43.0 Å². The van der Waals surface area contributed by atoms with E-state index in [2.05, 4.69) is 102 Å². The van der Waals surface area contributed by atoms with E-state index in [1.165, 1.54) is 21.9 Å². The Labute approximate surface area is 356 Å². The van der Waals surface area contributed by atoms with Crippen molar-refractivity contribution in [2.24, 2.45) is 11.8 Å². The van der Waals surface area contributed by atoms with Crippen molar-refractivity contribution in [2.45, 2.75) is 52.7 Å². The molecule has 3 aliphatic carbocycles. The fraction of sp³-hybridized carbons (Fsp3) is 0.208. The Bertz CT molecular complexity index is 2940. The third-order valence-electron chi connectivity index (χ3n) is 14.1. The molecule has 2 heterocycles. The summed E-state index contributed by atoms with van der Waals surface area (Å²) < 4.78 is 63.2. The molecule has 5 aliphatic rings. The SMILES string of the molecule is COc1cc2c3c(c4c(c2cc1OC)-c1ccc(C(F)(F)F)cc1C41CC2CCC1C2)C=CC(c1ccccc1)(c1ccc(N2c4ccccc4Sc4ccccc42)cc1)O3. The molecule has 2 fully saturated rings. The summed E-state index contributed by atoms with van der Waals surface area (Å²) >= 11 is 1.78. The number of anilines is 3. The topological polar surface area (TPSA) is 30.9 Å². The molecule has 0 aromatic heterocycles. The molecule has 61 heavy (non-hydrogen) atoms. The van der Waals surface area contributed by atoms with Crippen LogP contribution >= 0.6 is 11.8 Å². The van der Waals surface area contributed by atoms with Crippen molar-refractivity contribution in [3.8, 4) is 28.4 Å². The van der Waals surface area contributed by atoms with Gasteiger partial charge < -0.3 is 19.1 Å². The van der Waals surface area contributed by atoms with Crippen LogP contribution in [0.4, 0.5) is 30.2 Å². The number of halogens is 3. The third-order valence-corrected chi connectivity index (χ3v) is 15.3. The molecule has 302 valence electrons. The van der Waals surface area contributed by atoms with Crippen molar-refractivity contribution < 1.29 is 27.4 Å². The second kappa shape index (κ2) is 13.2. The maximum atomic E-state index is 14.6. The summed E-state index contributed by atoms with van der Waals surface area (Å²) in [5.41, 5.74) is 7.57. The maximum Gasteiger partial charge on any atom is 0.416 e. The fourth-order valence-electron chi connectivity index (χ4n) is 11.6. The number of para-hydroxylation sites is 2. The van der Waals surface area contributed by atoms with Gasteiger partial charge in [-0.25, -0.2) is 0 Å². The van der Waals surface area contributed by atoms with E-state index in [0.29, 0.717) is 23.2 Å². The highest BCUT2D eigenvalue weighted by atomic mass is 32.2. The minimum absolute atomic E-state index is 0.216. The van der Waals surface area contributed by atoms with Crippen LogP contribution in [0.5, 0.6) is 17.2 Å². The number of rotatable bonds is 5. The first-order chi connectivity index (χ1) is 29.7. The molecule has 0 radical (unpaired) electrons. The molecule has 2 bridgehead atoms. The van der Waals surface area contributed by atoms with E-state index in [0.717, 1.165) is 92.5 Å². The van der Waals surface area contributed by atoms with Crippen molar-refractivity contribution in [3.05, 3.63) is 173 Å². The van der Waals surface area contributed by atoms with Gasteiger partial charge in [0.2, 0.25) is 0 Å². The zero-order valence-electron chi connectivity index (χ0n) is 33.6. The Hall–Kier alpha value is -6.12. The molecule has 8 heteroatoms. The smallest absolute Gasteiger partial charge is 0.416 e. The van der Waals surface area contributed by atoms with Gasteiger partial charge in [-0.15, -0.1) is 0 Å². The Morgan fingerprint density at radius 1 is 0.721 bits per heavy atom. The highest BCUT2D eigenvalue weighted by Gasteiger charge is 2.59. The van der Waals surface area contributed by atoms with Crippen LogP contribution < -0.4 is 19.1 Å². The van der Waals surface area contributed by atoms with E-state index >= 15 is 0 Å². The average molecular weight is 828 g/mol. The molecule has 1 spiro atoms. The molecule has 2 aliphatic heterocycles. The van der Waals surface area contributed by atoms with E-state index in [1.807, 2.05) is 30.3 Å². The molecule has 7 aromatic rings. The predicted molar refractivity (Wildman–Crippen MR) is 236 cm³/mol. The van der Waals surface area contributed by atoms with Gasteiger partial charge in [0.15, 0.2) is 17.1 Å². The first kappa shape index (κ1) is 36.7. The number of hydrogen-bond acceptors (Lipinski definition) is 5. The van der Waals surface area contributed by atoms with Crippen molar-refractivity contribution in [1.82, 2.24) is 0 Å². The highest BCUT2D eigenvalue weighted by Crippen LogP contribution is 2.69. The summed E-state index contributed by atoms with van der Waals surface area (Å²) in [4.78, 5) is 4.70. The second-order valence-corrected chi connectivity index (χ2v) is 18.1. The van der Waals surface area contributed by atoms with Crippen molar-refractivity contribution in [3.63, 3.8) is 0 Å². The lowest BCUT2D eigenvalue weighted by molar-refractivity contribution is -0.137. The summed E-state index contributed by atoms with van der Waals surface area (Å²) in [6.07, 6.45) is 3.80. The van der Waals surface area contributed by atoms with Crippen LogP contribution in [0.2, 0.25) is 0 Å². The molecular weight excluding hydrogens is 788 g/mol. The fourth-order valence-corrected chi connectivity index (χ4v) is 12.7. The van der Waals surface area contributed by atoms with E-state index in [4.69, 9.17) is 14.2 Å². The van der Waals surface area contributed by atoms with Gasteiger partial charge in [-0.05, 0) is 125 Å². The van der Waals surface area contributed by atoms with Crippen LogP contribution in [-0.4, -0.2) is 14.2 Å². The Balaban J connectivity index is 1.09. The van der Waals surface area contributed by atoms with Crippen LogP contribution in [0.15, 0.2) is 149 Å². The van der Waals surface area contributed by atoms with Crippen LogP contribution in [-0.2, 0) is 17.2 Å². The summed E-state index contributed by atoms with van der Waals surface area (Å²) in [6, 6.07) is 44.3. The van der Waals surface area contributed by atoms with E-state index in [-0.39, 0.29) is 5.92 Å². The van der Waals surface area contributed by atoms with Gasteiger partial charge in [0.05, 0.1) is 31.2 Å². The van der Waals surface area contributed by atoms with Crippen molar-refractivity contribution in [2.75, 3.05) is 19.1 Å². The monoisotopic (exact) mass is 827 g/mol. The average Bonchev–Trinajstić information content (AvgIpc) is 4.00. The molecule has 4 unspecified atom stereocenters. The molecule has 12 rings (SSSR count). The van der Waals surface area contributed by atoms with Gasteiger partial charge in [0.25, 0.3) is 0 Å². The van der Waals surface area contributed by atoms with Crippen molar-refractivity contribution in [1.29, 1.82) is 0 Å². The lowest BCUT2D eigenvalue weighted by atomic mass is 9.65. The van der Waals surface area contributed by atoms with Gasteiger partial charge in [0.1, 0.15) is 5.75 Å². The summed E-state index contributed by atoms with van der Waals surface area (Å²) in [7, 11) is 3.24. The van der Waals surface area contributed by atoms with Gasteiger partial charge in [-0.2, -0.15) is 13.2 Å². The quantitative estimate of drug-likeness (QED) is 0.172. The van der Waals surface area contributed by atoms with Crippen LogP contribution in [0.25, 0.3) is 28.0 Å². The molecule has 7 aromatic carbocycles. The predicted octanol–water partition coefficient (Wildman–Crippen LogP) is 14.2. The number of benzene rings is 7. The molecule has 2 saturated carbocycles. The molecule has 4 atom stereocenters.